The normalized spacial score (nSPS) is 16.7. The molecule has 0 aliphatic carbocycles. The fourth-order valence-corrected chi connectivity index (χ4v) is 2.95. The molecule has 1 N–H and O–H groups in total. The third-order valence-corrected chi connectivity index (χ3v) is 4.25. The highest BCUT2D eigenvalue weighted by molar-refractivity contribution is 5.60. The van der Waals surface area contributed by atoms with Crippen molar-refractivity contribution in [3.63, 3.8) is 0 Å². The summed E-state index contributed by atoms with van der Waals surface area (Å²) in [5.74, 6) is 0. The van der Waals surface area contributed by atoms with Gasteiger partial charge in [-0.1, -0.05) is 0 Å². The van der Waals surface area contributed by atoms with Crippen LogP contribution in [0, 0.1) is 25.2 Å². The Morgan fingerprint density at radius 3 is 2.64 bits per heavy atom. The third-order valence-electron chi connectivity index (χ3n) is 4.25. The fraction of sp³-hybridized carbons (Fsp3) is 0.647. The van der Waals surface area contributed by atoms with E-state index in [4.69, 9.17) is 0 Å². The lowest BCUT2D eigenvalue weighted by Gasteiger charge is -2.33. The minimum Gasteiger partial charge on any atom is -0.381 e. The standard InChI is InChI=1S/C17H27N5/c1-13-11-17(16(12-18)14(2)19-13)20-15-5-7-22(8-6-15)10-9-21(3)4/h11,15H,5-10H2,1-4H3,(H,19,20). The highest BCUT2D eigenvalue weighted by Gasteiger charge is 2.20. The highest BCUT2D eigenvalue weighted by atomic mass is 15.2. The van der Waals surface area contributed by atoms with Crippen molar-refractivity contribution in [3.8, 4) is 6.07 Å². The van der Waals surface area contributed by atoms with Gasteiger partial charge in [0.05, 0.1) is 16.9 Å². The van der Waals surface area contributed by atoms with Gasteiger partial charge in [0.1, 0.15) is 6.07 Å². The van der Waals surface area contributed by atoms with E-state index in [1.807, 2.05) is 19.9 Å². The van der Waals surface area contributed by atoms with Crippen molar-refractivity contribution in [2.75, 3.05) is 45.6 Å². The summed E-state index contributed by atoms with van der Waals surface area (Å²) in [7, 11) is 4.23. The number of nitriles is 1. The number of hydrogen-bond donors (Lipinski definition) is 1. The number of nitrogens with zero attached hydrogens (tertiary/aromatic N) is 4. The molecule has 22 heavy (non-hydrogen) atoms. The average molecular weight is 301 g/mol. The summed E-state index contributed by atoms with van der Waals surface area (Å²) in [5.41, 5.74) is 3.40. The molecule has 0 saturated carbocycles. The maximum Gasteiger partial charge on any atom is 0.103 e. The monoisotopic (exact) mass is 301 g/mol. The molecule has 0 atom stereocenters. The van der Waals surface area contributed by atoms with Crippen molar-refractivity contribution in [1.82, 2.24) is 14.8 Å². The molecule has 1 aliphatic rings. The molecular formula is C17H27N5. The maximum absolute atomic E-state index is 9.34. The molecule has 1 aliphatic heterocycles. The fourth-order valence-electron chi connectivity index (χ4n) is 2.95. The summed E-state index contributed by atoms with van der Waals surface area (Å²) in [6.45, 7) is 8.37. The van der Waals surface area contributed by atoms with E-state index in [2.05, 4.69) is 40.3 Å². The first-order valence-electron chi connectivity index (χ1n) is 8.01. The Bertz CT molecular complexity index is 539. The van der Waals surface area contributed by atoms with E-state index in [0.717, 1.165) is 56.1 Å². The molecule has 1 fully saturated rings. The average Bonchev–Trinajstić information content (AvgIpc) is 2.46. The zero-order chi connectivity index (χ0) is 16.1. The van der Waals surface area contributed by atoms with Crippen LogP contribution in [0.3, 0.4) is 0 Å². The number of aromatic nitrogens is 1. The van der Waals surface area contributed by atoms with E-state index in [-0.39, 0.29) is 0 Å². The van der Waals surface area contributed by atoms with Crippen LogP contribution in [0.15, 0.2) is 6.07 Å². The predicted molar refractivity (Wildman–Crippen MR) is 90.1 cm³/mol. The Morgan fingerprint density at radius 2 is 2.05 bits per heavy atom. The number of likely N-dealkylation sites (N-methyl/N-ethyl adjacent to an activating group) is 1. The molecule has 5 nitrogen and oxygen atoms in total. The van der Waals surface area contributed by atoms with Gasteiger partial charge in [-0.05, 0) is 46.9 Å². The van der Waals surface area contributed by atoms with Crippen LogP contribution < -0.4 is 5.32 Å². The van der Waals surface area contributed by atoms with Crippen molar-refractivity contribution < 1.29 is 0 Å². The number of rotatable bonds is 5. The molecule has 1 aromatic rings. The largest absolute Gasteiger partial charge is 0.381 e. The summed E-state index contributed by atoms with van der Waals surface area (Å²) in [5, 5.41) is 12.9. The number of nitrogens with one attached hydrogen (secondary N) is 1. The van der Waals surface area contributed by atoms with Crippen molar-refractivity contribution in [2.45, 2.75) is 32.7 Å². The Labute approximate surface area is 133 Å². The second-order valence-electron chi connectivity index (χ2n) is 6.45. The lowest BCUT2D eigenvalue weighted by molar-refractivity contribution is 0.199. The zero-order valence-corrected chi connectivity index (χ0v) is 14.2. The van der Waals surface area contributed by atoms with Crippen molar-refractivity contribution in [1.29, 1.82) is 5.26 Å². The van der Waals surface area contributed by atoms with Crippen LogP contribution >= 0.6 is 0 Å². The van der Waals surface area contributed by atoms with E-state index in [1.54, 1.807) is 0 Å². The molecule has 0 radical (unpaired) electrons. The van der Waals surface area contributed by atoms with Crippen LogP contribution in [0.4, 0.5) is 5.69 Å². The van der Waals surface area contributed by atoms with Gasteiger partial charge in [-0.15, -0.1) is 0 Å². The molecule has 120 valence electrons. The Hall–Kier alpha value is -1.64. The first kappa shape index (κ1) is 16.7. The summed E-state index contributed by atoms with van der Waals surface area (Å²) in [4.78, 5) is 9.12. The molecule has 5 heteroatoms. The van der Waals surface area contributed by atoms with Crippen molar-refractivity contribution in [2.24, 2.45) is 0 Å². The van der Waals surface area contributed by atoms with Crippen molar-refractivity contribution in [3.05, 3.63) is 23.0 Å². The number of piperidine rings is 1. The third kappa shape index (κ3) is 4.43. The molecule has 2 rings (SSSR count). The van der Waals surface area contributed by atoms with Gasteiger partial charge in [0.25, 0.3) is 0 Å². The SMILES string of the molecule is Cc1cc(NC2CCN(CCN(C)C)CC2)c(C#N)c(C)n1. The molecule has 0 amide bonds. The van der Waals surface area contributed by atoms with E-state index in [9.17, 15) is 5.26 Å². The van der Waals surface area contributed by atoms with Crippen LogP contribution in [0.2, 0.25) is 0 Å². The van der Waals surface area contributed by atoms with E-state index < -0.39 is 0 Å². The Kier molecular flexibility index (Phi) is 5.76. The number of aryl methyl sites for hydroxylation is 2. The van der Waals surface area contributed by atoms with Gasteiger partial charge in [-0.25, -0.2) is 0 Å². The van der Waals surface area contributed by atoms with E-state index >= 15 is 0 Å². The number of likely N-dealkylation sites (tertiary alicyclic amines) is 1. The van der Waals surface area contributed by atoms with Gasteiger partial charge in [0.15, 0.2) is 0 Å². The van der Waals surface area contributed by atoms with Crippen LogP contribution in [0.5, 0.6) is 0 Å². The smallest absolute Gasteiger partial charge is 0.103 e. The van der Waals surface area contributed by atoms with Gasteiger partial charge >= 0.3 is 0 Å². The molecule has 0 bridgehead atoms. The highest BCUT2D eigenvalue weighted by Crippen LogP contribution is 2.22. The Balaban J connectivity index is 1.93. The molecule has 1 aromatic heterocycles. The lowest BCUT2D eigenvalue weighted by Crippen LogP contribution is -2.41. The topological polar surface area (TPSA) is 55.2 Å². The predicted octanol–water partition coefficient (Wildman–Crippen LogP) is 2.01. The molecular weight excluding hydrogens is 274 g/mol. The quantitative estimate of drug-likeness (QED) is 0.901. The second-order valence-corrected chi connectivity index (χ2v) is 6.45. The summed E-state index contributed by atoms with van der Waals surface area (Å²) >= 11 is 0. The molecule has 0 spiro atoms. The molecule has 2 heterocycles. The van der Waals surface area contributed by atoms with Crippen LogP contribution in [0.1, 0.15) is 29.8 Å². The second kappa shape index (κ2) is 7.57. The van der Waals surface area contributed by atoms with Gasteiger partial charge in [-0.2, -0.15) is 5.26 Å². The number of pyridine rings is 1. The van der Waals surface area contributed by atoms with Crippen LogP contribution in [-0.2, 0) is 0 Å². The van der Waals surface area contributed by atoms with Crippen molar-refractivity contribution >= 4 is 5.69 Å². The van der Waals surface area contributed by atoms with Gasteiger partial charge in [-0.3, -0.25) is 4.98 Å². The first-order chi connectivity index (χ1) is 10.5. The lowest BCUT2D eigenvalue weighted by atomic mass is 10.0. The summed E-state index contributed by atoms with van der Waals surface area (Å²) in [6.07, 6.45) is 2.25. The minimum absolute atomic E-state index is 0.448. The van der Waals surface area contributed by atoms with Gasteiger partial charge < -0.3 is 15.1 Å². The van der Waals surface area contributed by atoms with Crippen LogP contribution in [0.25, 0.3) is 0 Å². The molecule has 0 unspecified atom stereocenters. The summed E-state index contributed by atoms with van der Waals surface area (Å²) < 4.78 is 0. The van der Waals surface area contributed by atoms with E-state index in [1.165, 1.54) is 0 Å². The maximum atomic E-state index is 9.34. The molecule has 0 aromatic carbocycles. The van der Waals surface area contributed by atoms with E-state index in [0.29, 0.717) is 11.6 Å². The first-order valence-corrected chi connectivity index (χ1v) is 8.01. The van der Waals surface area contributed by atoms with Gasteiger partial charge in [0.2, 0.25) is 0 Å². The van der Waals surface area contributed by atoms with Gasteiger partial charge in [0, 0.05) is 37.9 Å². The summed E-state index contributed by atoms with van der Waals surface area (Å²) in [6, 6.07) is 4.72. The Morgan fingerprint density at radius 1 is 1.36 bits per heavy atom. The number of anilines is 1. The molecule has 1 saturated heterocycles. The zero-order valence-electron chi connectivity index (χ0n) is 14.2. The van der Waals surface area contributed by atoms with Crippen LogP contribution in [-0.4, -0.2) is 61.1 Å². The minimum atomic E-state index is 0.448. The number of hydrogen-bond acceptors (Lipinski definition) is 5.